The highest BCUT2D eigenvalue weighted by atomic mass is 35.5. The summed E-state index contributed by atoms with van der Waals surface area (Å²) < 4.78 is 0. The molecule has 3 rings (SSSR count). The van der Waals surface area contributed by atoms with E-state index in [1.54, 1.807) is 6.21 Å². The fourth-order valence-electron chi connectivity index (χ4n) is 2.17. The van der Waals surface area contributed by atoms with Crippen LogP contribution in [0.25, 0.3) is 0 Å². The van der Waals surface area contributed by atoms with E-state index in [1.807, 2.05) is 84.9 Å². The van der Waals surface area contributed by atoms with Crippen molar-refractivity contribution in [3.05, 3.63) is 107 Å². The third kappa shape index (κ3) is 5.24. The minimum Gasteiger partial charge on any atom is -0.374 e. The predicted molar refractivity (Wildman–Crippen MR) is 103 cm³/mol. The van der Waals surface area contributed by atoms with Crippen LogP contribution >= 0.6 is 11.6 Å². The number of nitrogens with zero attached hydrogens (tertiary/aromatic N) is 1. The summed E-state index contributed by atoms with van der Waals surface area (Å²) in [5.74, 6) is 6.24. The Balaban J connectivity index is 1.79. The molecule has 3 heteroatoms. The van der Waals surface area contributed by atoms with Gasteiger partial charge in [0.15, 0.2) is 0 Å². The fraction of sp³-hybridized carbons (Fsp3) is 0.0455. The summed E-state index contributed by atoms with van der Waals surface area (Å²) in [6.45, 7) is 0. The van der Waals surface area contributed by atoms with E-state index in [0.29, 0.717) is 5.02 Å². The Morgan fingerprint density at radius 2 is 1.48 bits per heavy atom. The van der Waals surface area contributed by atoms with E-state index in [1.165, 1.54) is 0 Å². The molecule has 1 atom stereocenters. The first-order valence-corrected chi connectivity index (χ1v) is 8.25. The molecule has 0 aliphatic carbocycles. The maximum Gasteiger partial charge on any atom is 0.213 e. The summed E-state index contributed by atoms with van der Waals surface area (Å²) in [6, 6.07) is 27.0. The van der Waals surface area contributed by atoms with Crippen molar-refractivity contribution in [2.45, 2.75) is 6.10 Å². The van der Waals surface area contributed by atoms with E-state index in [0.717, 1.165) is 16.7 Å². The van der Waals surface area contributed by atoms with Crippen LogP contribution in [-0.2, 0) is 4.84 Å². The molecular formula is C22H16ClNO. The molecule has 25 heavy (non-hydrogen) atoms. The van der Waals surface area contributed by atoms with E-state index in [-0.39, 0.29) is 0 Å². The number of hydrogen-bond acceptors (Lipinski definition) is 2. The molecule has 1 unspecified atom stereocenters. The Kier molecular flexibility index (Phi) is 5.87. The van der Waals surface area contributed by atoms with Gasteiger partial charge in [-0.3, -0.25) is 0 Å². The van der Waals surface area contributed by atoms with Gasteiger partial charge in [-0.25, -0.2) is 0 Å². The van der Waals surface area contributed by atoms with Gasteiger partial charge in [0.1, 0.15) is 0 Å². The van der Waals surface area contributed by atoms with Gasteiger partial charge in [0, 0.05) is 16.1 Å². The molecule has 0 aromatic heterocycles. The largest absolute Gasteiger partial charge is 0.374 e. The van der Waals surface area contributed by atoms with Crippen molar-refractivity contribution in [1.82, 2.24) is 0 Å². The van der Waals surface area contributed by atoms with E-state index in [4.69, 9.17) is 16.4 Å². The summed E-state index contributed by atoms with van der Waals surface area (Å²) >= 11 is 5.91. The van der Waals surface area contributed by atoms with Crippen molar-refractivity contribution < 1.29 is 4.84 Å². The summed E-state index contributed by atoms with van der Waals surface area (Å²) in [7, 11) is 0. The quantitative estimate of drug-likeness (QED) is 0.348. The molecule has 0 heterocycles. The highest BCUT2D eigenvalue weighted by molar-refractivity contribution is 6.30. The van der Waals surface area contributed by atoms with Crippen LogP contribution in [0.3, 0.4) is 0 Å². The molecule has 0 bridgehead atoms. The Morgan fingerprint density at radius 1 is 0.840 bits per heavy atom. The fourth-order valence-corrected chi connectivity index (χ4v) is 2.30. The summed E-state index contributed by atoms with van der Waals surface area (Å²) in [6.07, 6.45) is 1.23. The van der Waals surface area contributed by atoms with Crippen LogP contribution in [0.4, 0.5) is 0 Å². The second kappa shape index (κ2) is 8.73. The average Bonchev–Trinajstić information content (AvgIpc) is 2.67. The maximum atomic E-state index is 5.91. The molecule has 0 fully saturated rings. The van der Waals surface area contributed by atoms with Gasteiger partial charge >= 0.3 is 0 Å². The van der Waals surface area contributed by atoms with Crippen LogP contribution in [-0.4, -0.2) is 6.21 Å². The van der Waals surface area contributed by atoms with Gasteiger partial charge in [-0.05, 0) is 35.7 Å². The summed E-state index contributed by atoms with van der Waals surface area (Å²) in [4.78, 5) is 5.65. The molecule has 122 valence electrons. The topological polar surface area (TPSA) is 21.6 Å². The second-order valence-electron chi connectivity index (χ2n) is 5.32. The van der Waals surface area contributed by atoms with Gasteiger partial charge in [-0.1, -0.05) is 83.3 Å². The highest BCUT2D eigenvalue weighted by Gasteiger charge is 2.08. The normalized spacial score (nSPS) is 11.6. The minimum atomic E-state index is -0.447. The first-order chi connectivity index (χ1) is 12.3. The molecule has 0 spiro atoms. The molecule has 0 saturated heterocycles. The lowest BCUT2D eigenvalue weighted by atomic mass is 10.1. The molecule has 0 saturated carbocycles. The molecule has 0 aliphatic heterocycles. The standard InChI is InChI=1S/C22H16ClNO/c23-21-14-11-18(12-15-21)13-16-22(20-9-5-2-6-10-20)25-24-17-19-7-3-1-4-8-19/h1-12,14-15,17,22H/b24-17+. The van der Waals surface area contributed by atoms with Crippen molar-refractivity contribution >= 4 is 17.8 Å². The van der Waals surface area contributed by atoms with Crippen molar-refractivity contribution in [2.24, 2.45) is 5.16 Å². The zero-order valence-electron chi connectivity index (χ0n) is 13.5. The van der Waals surface area contributed by atoms with Crippen molar-refractivity contribution in [3.63, 3.8) is 0 Å². The lowest BCUT2D eigenvalue weighted by molar-refractivity contribution is 0.101. The number of benzene rings is 3. The van der Waals surface area contributed by atoms with Crippen LogP contribution in [0.15, 0.2) is 90.1 Å². The third-order valence-corrected chi connectivity index (χ3v) is 3.71. The third-order valence-electron chi connectivity index (χ3n) is 3.46. The first kappa shape index (κ1) is 16.8. The van der Waals surface area contributed by atoms with E-state index in [2.05, 4.69) is 17.0 Å². The predicted octanol–water partition coefficient (Wildman–Crippen LogP) is 5.48. The Labute approximate surface area is 152 Å². The maximum absolute atomic E-state index is 5.91. The molecule has 0 aliphatic rings. The average molecular weight is 346 g/mol. The van der Waals surface area contributed by atoms with Crippen molar-refractivity contribution in [3.8, 4) is 11.8 Å². The summed E-state index contributed by atoms with van der Waals surface area (Å²) in [5, 5.41) is 4.78. The molecule has 2 nitrogen and oxygen atoms in total. The molecule has 0 radical (unpaired) electrons. The van der Waals surface area contributed by atoms with Gasteiger partial charge in [0.05, 0.1) is 6.21 Å². The van der Waals surface area contributed by atoms with E-state index >= 15 is 0 Å². The monoisotopic (exact) mass is 345 g/mol. The Morgan fingerprint density at radius 3 is 2.16 bits per heavy atom. The zero-order valence-corrected chi connectivity index (χ0v) is 14.2. The summed E-state index contributed by atoms with van der Waals surface area (Å²) in [5.41, 5.74) is 2.80. The van der Waals surface area contributed by atoms with Crippen molar-refractivity contribution in [1.29, 1.82) is 0 Å². The molecule has 3 aromatic rings. The van der Waals surface area contributed by atoms with Crippen LogP contribution in [0, 0.1) is 11.8 Å². The van der Waals surface area contributed by atoms with Crippen LogP contribution in [0.2, 0.25) is 5.02 Å². The second-order valence-corrected chi connectivity index (χ2v) is 5.75. The lowest BCUT2D eigenvalue weighted by Crippen LogP contribution is -1.98. The SMILES string of the molecule is Clc1ccc(C#CC(O/N=C/c2ccccc2)c2ccccc2)cc1. The smallest absolute Gasteiger partial charge is 0.213 e. The van der Waals surface area contributed by atoms with Gasteiger partial charge in [-0.15, -0.1) is 0 Å². The Bertz CT molecular complexity index is 878. The molecular weight excluding hydrogens is 330 g/mol. The lowest BCUT2D eigenvalue weighted by Gasteiger charge is -2.08. The number of oxime groups is 1. The number of hydrogen-bond donors (Lipinski definition) is 0. The van der Waals surface area contributed by atoms with Gasteiger partial charge in [0.25, 0.3) is 0 Å². The zero-order chi connectivity index (χ0) is 17.3. The first-order valence-electron chi connectivity index (χ1n) is 7.87. The van der Waals surface area contributed by atoms with Crippen molar-refractivity contribution in [2.75, 3.05) is 0 Å². The van der Waals surface area contributed by atoms with Crippen LogP contribution in [0.1, 0.15) is 22.8 Å². The van der Waals surface area contributed by atoms with E-state index in [9.17, 15) is 0 Å². The van der Waals surface area contributed by atoms with Crippen LogP contribution in [0.5, 0.6) is 0 Å². The molecule has 0 N–H and O–H groups in total. The van der Waals surface area contributed by atoms with Gasteiger partial charge < -0.3 is 4.84 Å². The van der Waals surface area contributed by atoms with Crippen LogP contribution < -0.4 is 0 Å². The van der Waals surface area contributed by atoms with Gasteiger partial charge in [0.2, 0.25) is 6.10 Å². The molecule has 3 aromatic carbocycles. The Hall–Kier alpha value is -3.02. The number of halogens is 1. The highest BCUT2D eigenvalue weighted by Crippen LogP contribution is 2.17. The van der Waals surface area contributed by atoms with E-state index < -0.39 is 6.10 Å². The molecule has 0 amide bonds. The minimum absolute atomic E-state index is 0.447. The van der Waals surface area contributed by atoms with Gasteiger partial charge in [-0.2, -0.15) is 0 Å². The number of rotatable bonds is 4.